The Morgan fingerprint density at radius 3 is 2.17 bits per heavy atom. The second-order valence-corrected chi connectivity index (χ2v) is 6.72. The van der Waals surface area contributed by atoms with E-state index in [1.807, 2.05) is 45.9 Å². The fourth-order valence-corrected chi connectivity index (χ4v) is 2.37. The maximum atomic E-state index is 6.04. The van der Waals surface area contributed by atoms with E-state index >= 15 is 0 Å². The second kappa shape index (κ2) is 4.69. The monoisotopic (exact) mass is 360 g/mol. The molecule has 0 spiro atoms. The van der Waals surface area contributed by atoms with Gasteiger partial charge in [-0.3, -0.25) is 0 Å². The molecule has 2 rings (SSSR count). The van der Waals surface area contributed by atoms with E-state index in [0.29, 0.717) is 0 Å². The van der Waals surface area contributed by atoms with Crippen LogP contribution in [-0.2, 0) is 9.31 Å². The molecule has 0 N–H and O–H groups in total. The van der Waals surface area contributed by atoms with Gasteiger partial charge in [0, 0.05) is 9.03 Å². The van der Waals surface area contributed by atoms with E-state index < -0.39 is 0 Å². The Kier molecular flexibility index (Phi) is 3.68. The molecule has 0 atom stereocenters. The predicted octanol–water partition coefficient (Wildman–Crippen LogP) is 2.60. The molecular formula is C13H18BIO3. The number of hydrogen-bond donors (Lipinski definition) is 0. The van der Waals surface area contributed by atoms with Crippen LogP contribution >= 0.6 is 22.6 Å². The zero-order chi connectivity index (χ0) is 13.6. The van der Waals surface area contributed by atoms with E-state index in [2.05, 4.69) is 22.6 Å². The SMILES string of the molecule is COc1ccc(I)cc1B1OC(C)(C)C(C)(C)O1. The van der Waals surface area contributed by atoms with Gasteiger partial charge in [-0.15, -0.1) is 0 Å². The van der Waals surface area contributed by atoms with Crippen LogP contribution in [-0.4, -0.2) is 25.4 Å². The number of methoxy groups -OCH3 is 1. The molecule has 0 saturated carbocycles. The van der Waals surface area contributed by atoms with E-state index in [-0.39, 0.29) is 18.3 Å². The van der Waals surface area contributed by atoms with Gasteiger partial charge in [-0.2, -0.15) is 0 Å². The van der Waals surface area contributed by atoms with Gasteiger partial charge < -0.3 is 14.0 Å². The molecule has 1 heterocycles. The molecule has 0 radical (unpaired) electrons. The third-order valence-electron chi connectivity index (χ3n) is 3.70. The zero-order valence-electron chi connectivity index (χ0n) is 11.4. The number of hydrogen-bond acceptors (Lipinski definition) is 3. The zero-order valence-corrected chi connectivity index (χ0v) is 13.6. The summed E-state index contributed by atoms with van der Waals surface area (Å²) in [6.07, 6.45) is 0. The van der Waals surface area contributed by atoms with Crippen LogP contribution in [0.5, 0.6) is 5.75 Å². The molecule has 3 nitrogen and oxygen atoms in total. The minimum Gasteiger partial charge on any atom is -0.497 e. The molecule has 1 fully saturated rings. The minimum atomic E-state index is -0.375. The molecule has 0 aromatic heterocycles. The molecule has 1 saturated heterocycles. The van der Waals surface area contributed by atoms with Gasteiger partial charge in [-0.25, -0.2) is 0 Å². The van der Waals surface area contributed by atoms with Crippen LogP contribution in [0.3, 0.4) is 0 Å². The van der Waals surface area contributed by atoms with Crippen LogP contribution in [0.4, 0.5) is 0 Å². The average Bonchev–Trinajstić information content (AvgIpc) is 2.48. The highest BCUT2D eigenvalue weighted by Gasteiger charge is 2.52. The van der Waals surface area contributed by atoms with Crippen molar-refractivity contribution >= 4 is 35.2 Å². The van der Waals surface area contributed by atoms with Crippen molar-refractivity contribution in [3.8, 4) is 5.75 Å². The summed E-state index contributed by atoms with van der Waals surface area (Å²) in [6, 6.07) is 6.00. The number of rotatable bonds is 2. The van der Waals surface area contributed by atoms with Crippen LogP contribution in [0.25, 0.3) is 0 Å². The normalized spacial score (nSPS) is 21.1. The lowest BCUT2D eigenvalue weighted by molar-refractivity contribution is 0.00578. The van der Waals surface area contributed by atoms with Crippen molar-refractivity contribution in [3.63, 3.8) is 0 Å². The molecule has 0 bridgehead atoms. The third kappa shape index (κ3) is 2.40. The highest BCUT2D eigenvalue weighted by atomic mass is 127. The van der Waals surface area contributed by atoms with Crippen LogP contribution in [0, 0.1) is 3.57 Å². The Morgan fingerprint density at radius 2 is 1.67 bits per heavy atom. The molecular weight excluding hydrogens is 342 g/mol. The first-order chi connectivity index (χ1) is 8.27. The minimum absolute atomic E-state index is 0.329. The summed E-state index contributed by atoms with van der Waals surface area (Å²) in [7, 11) is 1.29. The maximum Gasteiger partial charge on any atom is 0.498 e. The van der Waals surface area contributed by atoms with Crippen LogP contribution in [0.15, 0.2) is 18.2 Å². The third-order valence-corrected chi connectivity index (χ3v) is 4.37. The summed E-state index contributed by atoms with van der Waals surface area (Å²) in [5, 5.41) is 0. The molecule has 1 aliphatic rings. The molecule has 18 heavy (non-hydrogen) atoms. The fraction of sp³-hybridized carbons (Fsp3) is 0.538. The standard InChI is InChI=1S/C13H18BIO3/c1-12(2)13(3,4)18-14(17-12)10-8-9(15)6-7-11(10)16-5/h6-8H,1-5H3. The summed E-state index contributed by atoms with van der Waals surface area (Å²) in [5.74, 6) is 0.800. The van der Waals surface area contributed by atoms with Crippen molar-refractivity contribution in [2.45, 2.75) is 38.9 Å². The Bertz CT molecular complexity index is 444. The van der Waals surface area contributed by atoms with E-state index in [4.69, 9.17) is 14.0 Å². The largest absolute Gasteiger partial charge is 0.498 e. The van der Waals surface area contributed by atoms with Gasteiger partial charge >= 0.3 is 7.12 Å². The van der Waals surface area contributed by atoms with E-state index in [9.17, 15) is 0 Å². The van der Waals surface area contributed by atoms with Crippen molar-refractivity contribution in [3.05, 3.63) is 21.8 Å². The van der Waals surface area contributed by atoms with E-state index in [0.717, 1.165) is 14.8 Å². The Morgan fingerprint density at radius 1 is 1.11 bits per heavy atom. The molecule has 1 aromatic rings. The molecule has 98 valence electrons. The quantitative estimate of drug-likeness (QED) is 0.600. The van der Waals surface area contributed by atoms with Gasteiger partial charge in [0.25, 0.3) is 0 Å². The summed E-state index contributed by atoms with van der Waals surface area (Å²) >= 11 is 2.28. The van der Waals surface area contributed by atoms with Crippen molar-refractivity contribution in [2.24, 2.45) is 0 Å². The van der Waals surface area contributed by atoms with Gasteiger partial charge in [-0.1, -0.05) is 0 Å². The highest BCUT2D eigenvalue weighted by molar-refractivity contribution is 14.1. The second-order valence-electron chi connectivity index (χ2n) is 5.47. The molecule has 5 heteroatoms. The van der Waals surface area contributed by atoms with Gasteiger partial charge in [0.15, 0.2) is 0 Å². The summed E-state index contributed by atoms with van der Waals surface area (Å²) in [4.78, 5) is 0. The smallest absolute Gasteiger partial charge is 0.497 e. The van der Waals surface area contributed by atoms with E-state index in [1.165, 1.54) is 0 Å². The lowest BCUT2D eigenvalue weighted by Crippen LogP contribution is -2.41. The molecule has 0 aliphatic carbocycles. The van der Waals surface area contributed by atoms with Crippen molar-refractivity contribution in [1.29, 1.82) is 0 Å². The van der Waals surface area contributed by atoms with Crippen molar-refractivity contribution in [1.82, 2.24) is 0 Å². The summed E-state index contributed by atoms with van der Waals surface area (Å²) < 4.78 is 18.6. The van der Waals surface area contributed by atoms with Crippen molar-refractivity contribution in [2.75, 3.05) is 7.11 Å². The first-order valence-electron chi connectivity index (χ1n) is 5.96. The summed E-state index contributed by atoms with van der Waals surface area (Å²) in [5.41, 5.74) is 0.288. The predicted molar refractivity (Wildman–Crippen MR) is 81.4 cm³/mol. The van der Waals surface area contributed by atoms with Gasteiger partial charge in [-0.05, 0) is 68.5 Å². The van der Waals surface area contributed by atoms with Crippen LogP contribution in [0.1, 0.15) is 27.7 Å². The van der Waals surface area contributed by atoms with Gasteiger partial charge in [0.05, 0.1) is 18.3 Å². The van der Waals surface area contributed by atoms with Crippen LogP contribution in [0.2, 0.25) is 0 Å². The lowest BCUT2D eigenvalue weighted by Gasteiger charge is -2.32. The highest BCUT2D eigenvalue weighted by Crippen LogP contribution is 2.37. The first-order valence-corrected chi connectivity index (χ1v) is 7.04. The Hall–Kier alpha value is -0.265. The van der Waals surface area contributed by atoms with E-state index in [1.54, 1.807) is 7.11 Å². The van der Waals surface area contributed by atoms with Crippen molar-refractivity contribution < 1.29 is 14.0 Å². The number of ether oxygens (including phenoxy) is 1. The molecule has 0 amide bonds. The molecule has 0 unspecified atom stereocenters. The van der Waals surface area contributed by atoms with Gasteiger partial charge in [0.1, 0.15) is 5.75 Å². The molecule has 1 aromatic carbocycles. The Balaban J connectivity index is 2.37. The van der Waals surface area contributed by atoms with Gasteiger partial charge in [0.2, 0.25) is 0 Å². The number of benzene rings is 1. The fourth-order valence-electron chi connectivity index (χ4n) is 1.86. The first kappa shape index (κ1) is 14.2. The number of halogens is 1. The summed E-state index contributed by atoms with van der Waals surface area (Å²) in [6.45, 7) is 8.20. The molecule has 1 aliphatic heterocycles. The topological polar surface area (TPSA) is 27.7 Å². The average molecular weight is 360 g/mol. The lowest BCUT2D eigenvalue weighted by atomic mass is 9.78. The Labute approximate surface area is 122 Å². The maximum absolute atomic E-state index is 6.04. The van der Waals surface area contributed by atoms with Crippen LogP contribution < -0.4 is 10.2 Å².